The molecule has 1 unspecified atom stereocenters. The zero-order chi connectivity index (χ0) is 15.1. The number of imidazole rings is 1. The average Bonchev–Trinajstić information content (AvgIpc) is 3.05. The molecule has 0 fully saturated rings. The summed E-state index contributed by atoms with van der Waals surface area (Å²) in [7, 11) is 1.41. The first kappa shape index (κ1) is 15.6. The summed E-state index contributed by atoms with van der Waals surface area (Å²) in [6.07, 6.45) is 3.45. The van der Waals surface area contributed by atoms with Crippen LogP contribution < -0.4 is 5.32 Å². The number of aromatic nitrogens is 2. The Hall–Kier alpha value is -1.79. The summed E-state index contributed by atoms with van der Waals surface area (Å²) in [4.78, 5) is 19.7. The van der Waals surface area contributed by atoms with Crippen LogP contribution in [0.3, 0.4) is 0 Å². The van der Waals surface area contributed by atoms with Gasteiger partial charge in [-0.2, -0.15) is 0 Å². The number of benzene rings is 1. The van der Waals surface area contributed by atoms with E-state index in [4.69, 9.17) is 4.74 Å². The molecule has 0 radical (unpaired) electrons. The normalized spacial score (nSPS) is 13.6. The maximum atomic E-state index is 12.5. The van der Waals surface area contributed by atoms with Gasteiger partial charge in [-0.3, -0.25) is 5.32 Å². The molecule has 2 aromatic rings. The molecule has 0 bridgehead atoms. The van der Waals surface area contributed by atoms with Crippen LogP contribution >= 0.6 is 11.8 Å². The molecule has 0 amide bonds. The van der Waals surface area contributed by atoms with Crippen LogP contribution in [-0.2, 0) is 15.1 Å². The van der Waals surface area contributed by atoms with Crippen molar-refractivity contribution in [1.82, 2.24) is 15.3 Å². The van der Waals surface area contributed by atoms with Crippen molar-refractivity contribution in [2.24, 2.45) is 0 Å². The minimum absolute atomic E-state index is 0.297. The first-order valence-corrected chi connectivity index (χ1v) is 7.72. The summed E-state index contributed by atoms with van der Waals surface area (Å²) >= 11 is 1.48. The Bertz CT molecular complexity index is 560. The molecule has 0 aliphatic rings. The predicted octanol–water partition coefficient (Wildman–Crippen LogP) is 2.18. The number of thioether (sulfide) groups is 1. The number of hydrogen-bond donors (Lipinski definition) is 2. The number of likely N-dealkylation sites (N-methyl/N-ethyl adjacent to an activating group) is 1. The maximum absolute atomic E-state index is 12.5. The van der Waals surface area contributed by atoms with E-state index in [1.165, 1.54) is 18.9 Å². The van der Waals surface area contributed by atoms with Gasteiger partial charge in [-0.15, -0.1) is 0 Å². The van der Waals surface area contributed by atoms with Crippen molar-refractivity contribution in [3.63, 3.8) is 0 Å². The molecule has 1 heterocycles. The Balaban J connectivity index is 2.33. The Labute approximate surface area is 128 Å². The van der Waals surface area contributed by atoms with Gasteiger partial charge in [-0.25, -0.2) is 9.78 Å². The van der Waals surface area contributed by atoms with Crippen molar-refractivity contribution in [2.75, 3.05) is 19.4 Å². The molecule has 2 rings (SSSR count). The monoisotopic (exact) mass is 305 g/mol. The maximum Gasteiger partial charge on any atom is 0.331 e. The number of carbonyl (C=O) groups is 1. The number of H-pyrrole nitrogens is 1. The summed E-state index contributed by atoms with van der Waals surface area (Å²) in [6, 6.07) is 9.63. The van der Waals surface area contributed by atoms with E-state index in [1.54, 1.807) is 12.4 Å². The topological polar surface area (TPSA) is 67.0 Å². The number of nitrogens with one attached hydrogen (secondary N) is 2. The highest BCUT2D eigenvalue weighted by Crippen LogP contribution is 2.29. The standard InChI is InChI=1S/C15H19N3O2S/c1-3-18-15(13(19)20-2,12-7-5-4-6-8-12)11-21-14-16-9-10-17-14/h4-10,18H,3,11H2,1-2H3,(H,16,17). The molecule has 1 atom stereocenters. The molecule has 5 nitrogen and oxygen atoms in total. The molecule has 0 aliphatic carbocycles. The third-order valence-electron chi connectivity index (χ3n) is 3.18. The molecule has 112 valence electrons. The second-order valence-electron chi connectivity index (χ2n) is 4.48. The summed E-state index contributed by atoms with van der Waals surface area (Å²) in [5.74, 6) is 0.194. The number of esters is 1. The summed E-state index contributed by atoms with van der Waals surface area (Å²) < 4.78 is 5.05. The molecule has 0 saturated heterocycles. The van der Waals surface area contributed by atoms with Crippen molar-refractivity contribution < 1.29 is 9.53 Å². The zero-order valence-corrected chi connectivity index (χ0v) is 12.9. The predicted molar refractivity (Wildman–Crippen MR) is 83.1 cm³/mol. The highest BCUT2D eigenvalue weighted by molar-refractivity contribution is 7.99. The van der Waals surface area contributed by atoms with Crippen LogP contribution in [0.25, 0.3) is 0 Å². The number of ether oxygens (including phenoxy) is 1. The van der Waals surface area contributed by atoms with Crippen LogP contribution in [-0.4, -0.2) is 35.3 Å². The fourth-order valence-corrected chi connectivity index (χ4v) is 3.22. The van der Waals surface area contributed by atoms with Crippen LogP contribution in [0, 0.1) is 0 Å². The molecule has 6 heteroatoms. The van der Waals surface area contributed by atoms with E-state index in [0.29, 0.717) is 12.3 Å². The van der Waals surface area contributed by atoms with Crippen molar-refractivity contribution >= 4 is 17.7 Å². The van der Waals surface area contributed by atoms with Crippen LogP contribution in [0.1, 0.15) is 12.5 Å². The average molecular weight is 305 g/mol. The van der Waals surface area contributed by atoms with Crippen LogP contribution in [0.5, 0.6) is 0 Å². The van der Waals surface area contributed by atoms with Gasteiger partial charge >= 0.3 is 5.97 Å². The second kappa shape index (κ2) is 7.28. The largest absolute Gasteiger partial charge is 0.467 e. The van der Waals surface area contributed by atoms with Gasteiger partial charge < -0.3 is 9.72 Å². The van der Waals surface area contributed by atoms with Crippen molar-refractivity contribution in [1.29, 1.82) is 0 Å². The van der Waals surface area contributed by atoms with E-state index in [2.05, 4.69) is 15.3 Å². The van der Waals surface area contributed by atoms with Crippen molar-refractivity contribution in [3.8, 4) is 0 Å². The van der Waals surface area contributed by atoms with Gasteiger partial charge in [0, 0.05) is 18.1 Å². The number of carbonyl (C=O) groups excluding carboxylic acids is 1. The molecule has 1 aromatic heterocycles. The molecule has 0 aliphatic heterocycles. The van der Waals surface area contributed by atoms with Gasteiger partial charge in [0.15, 0.2) is 10.7 Å². The highest BCUT2D eigenvalue weighted by Gasteiger charge is 2.41. The van der Waals surface area contributed by atoms with Gasteiger partial charge in [0.05, 0.1) is 7.11 Å². The number of hydrogen-bond acceptors (Lipinski definition) is 5. The smallest absolute Gasteiger partial charge is 0.331 e. The van der Waals surface area contributed by atoms with E-state index < -0.39 is 5.54 Å². The van der Waals surface area contributed by atoms with Crippen molar-refractivity contribution in [3.05, 3.63) is 48.3 Å². The van der Waals surface area contributed by atoms with Gasteiger partial charge in [0.2, 0.25) is 0 Å². The minimum Gasteiger partial charge on any atom is -0.467 e. The second-order valence-corrected chi connectivity index (χ2v) is 5.44. The van der Waals surface area contributed by atoms with E-state index in [9.17, 15) is 4.79 Å². The molecule has 21 heavy (non-hydrogen) atoms. The SMILES string of the molecule is CCNC(CSc1ncc[nH]1)(C(=O)OC)c1ccccc1. The third-order valence-corrected chi connectivity index (χ3v) is 4.25. The lowest BCUT2D eigenvalue weighted by Crippen LogP contribution is -2.52. The quantitative estimate of drug-likeness (QED) is 0.606. The number of nitrogens with zero attached hydrogens (tertiary/aromatic N) is 1. The highest BCUT2D eigenvalue weighted by atomic mass is 32.2. The van der Waals surface area contributed by atoms with Gasteiger partial charge in [-0.05, 0) is 12.1 Å². The molecule has 0 saturated carbocycles. The molecule has 0 spiro atoms. The first-order chi connectivity index (χ1) is 10.2. The van der Waals surface area contributed by atoms with Crippen LogP contribution in [0.4, 0.5) is 0 Å². The molecule has 1 aromatic carbocycles. The van der Waals surface area contributed by atoms with Crippen LogP contribution in [0.2, 0.25) is 0 Å². The lowest BCUT2D eigenvalue weighted by atomic mass is 9.91. The summed E-state index contributed by atoms with van der Waals surface area (Å²) in [5.41, 5.74) is 0.000121. The van der Waals surface area contributed by atoms with Gasteiger partial charge in [0.25, 0.3) is 0 Å². The zero-order valence-electron chi connectivity index (χ0n) is 12.1. The molecule has 2 N–H and O–H groups in total. The van der Waals surface area contributed by atoms with Gasteiger partial charge in [0.1, 0.15) is 0 Å². The van der Waals surface area contributed by atoms with E-state index in [0.717, 1.165) is 10.7 Å². The van der Waals surface area contributed by atoms with E-state index in [1.807, 2.05) is 37.3 Å². The van der Waals surface area contributed by atoms with Crippen molar-refractivity contribution in [2.45, 2.75) is 17.6 Å². The fourth-order valence-electron chi connectivity index (χ4n) is 2.19. The Morgan fingerprint density at radius 2 is 2.19 bits per heavy atom. The lowest BCUT2D eigenvalue weighted by Gasteiger charge is -2.31. The Kier molecular flexibility index (Phi) is 5.41. The van der Waals surface area contributed by atoms with E-state index in [-0.39, 0.29) is 5.97 Å². The number of aromatic amines is 1. The molecular formula is C15H19N3O2S. The Morgan fingerprint density at radius 1 is 1.43 bits per heavy atom. The minimum atomic E-state index is -0.887. The number of rotatable bonds is 7. The number of methoxy groups -OCH3 is 1. The van der Waals surface area contributed by atoms with E-state index >= 15 is 0 Å². The van der Waals surface area contributed by atoms with Crippen LogP contribution in [0.15, 0.2) is 47.9 Å². The summed E-state index contributed by atoms with van der Waals surface area (Å²) in [5, 5.41) is 4.06. The lowest BCUT2D eigenvalue weighted by molar-refractivity contribution is -0.148. The van der Waals surface area contributed by atoms with Gasteiger partial charge in [-0.1, -0.05) is 49.0 Å². The third kappa shape index (κ3) is 3.46. The fraction of sp³-hybridized carbons (Fsp3) is 0.333. The summed E-state index contributed by atoms with van der Waals surface area (Å²) in [6.45, 7) is 2.63. The Morgan fingerprint density at radius 3 is 2.76 bits per heavy atom. The first-order valence-electron chi connectivity index (χ1n) is 6.74. The molecular weight excluding hydrogens is 286 g/mol.